The van der Waals surface area contributed by atoms with Gasteiger partial charge in [-0.3, -0.25) is 4.68 Å². The Morgan fingerprint density at radius 2 is 2.18 bits per heavy atom. The quantitative estimate of drug-likeness (QED) is 0.846. The number of hydrogen-bond acceptors (Lipinski definition) is 2. The average Bonchev–Trinajstić information content (AvgIpc) is 2.64. The number of aryl methyl sites for hydroxylation is 2. The van der Waals surface area contributed by atoms with Gasteiger partial charge < -0.3 is 5.73 Å². The Kier molecular flexibility index (Phi) is 3.38. The lowest BCUT2D eigenvalue weighted by Crippen LogP contribution is -1.96. The minimum absolute atomic E-state index is 0.590. The maximum atomic E-state index is 5.92. The van der Waals surface area contributed by atoms with E-state index in [1.165, 1.54) is 0 Å². The molecular weight excluding hydrogens is 234 g/mol. The van der Waals surface area contributed by atoms with Crippen molar-refractivity contribution in [3.05, 3.63) is 35.1 Å². The standard InChI is InChI=1S/C13H16ClN3/c1-3-6-17-8-11(9(2)16-17)10-4-5-12(14)13(15)7-10/h4-5,7-8H,3,6,15H2,1-2H3. The van der Waals surface area contributed by atoms with Gasteiger partial charge in [-0.25, -0.2) is 0 Å². The molecule has 4 heteroatoms. The van der Waals surface area contributed by atoms with Crippen molar-refractivity contribution in [2.75, 3.05) is 5.73 Å². The van der Waals surface area contributed by atoms with Crippen LogP contribution in [0.2, 0.25) is 5.02 Å². The fourth-order valence-corrected chi connectivity index (χ4v) is 1.97. The SMILES string of the molecule is CCCn1cc(-c2ccc(Cl)c(N)c2)c(C)n1. The lowest BCUT2D eigenvalue weighted by Gasteiger charge is -2.02. The molecule has 0 aliphatic rings. The van der Waals surface area contributed by atoms with Crippen molar-refractivity contribution >= 4 is 17.3 Å². The maximum absolute atomic E-state index is 5.92. The first kappa shape index (κ1) is 12.0. The molecule has 1 aromatic carbocycles. The third-order valence-corrected chi connectivity index (χ3v) is 3.05. The molecule has 0 fully saturated rings. The van der Waals surface area contributed by atoms with E-state index in [0.717, 1.165) is 29.8 Å². The molecule has 1 aromatic heterocycles. The van der Waals surface area contributed by atoms with Gasteiger partial charge in [0.1, 0.15) is 0 Å². The van der Waals surface area contributed by atoms with Gasteiger partial charge >= 0.3 is 0 Å². The molecule has 2 aromatic rings. The van der Waals surface area contributed by atoms with Gasteiger partial charge in [-0.1, -0.05) is 24.6 Å². The molecule has 0 spiro atoms. The predicted molar refractivity (Wildman–Crippen MR) is 72.1 cm³/mol. The number of anilines is 1. The van der Waals surface area contributed by atoms with Gasteiger partial charge in [0.15, 0.2) is 0 Å². The maximum Gasteiger partial charge on any atom is 0.0672 e. The molecule has 0 radical (unpaired) electrons. The molecule has 0 saturated carbocycles. The van der Waals surface area contributed by atoms with Crippen molar-refractivity contribution in [1.82, 2.24) is 9.78 Å². The van der Waals surface area contributed by atoms with E-state index in [9.17, 15) is 0 Å². The number of hydrogen-bond donors (Lipinski definition) is 1. The highest BCUT2D eigenvalue weighted by atomic mass is 35.5. The molecule has 0 aliphatic carbocycles. The van der Waals surface area contributed by atoms with Crippen molar-refractivity contribution in [2.24, 2.45) is 0 Å². The van der Waals surface area contributed by atoms with E-state index in [1.807, 2.05) is 29.8 Å². The van der Waals surface area contributed by atoms with Crippen molar-refractivity contribution < 1.29 is 0 Å². The summed E-state index contributed by atoms with van der Waals surface area (Å²) < 4.78 is 1.97. The summed E-state index contributed by atoms with van der Waals surface area (Å²) >= 11 is 5.92. The van der Waals surface area contributed by atoms with Crippen LogP contribution in [0.1, 0.15) is 19.0 Å². The number of benzene rings is 1. The first-order valence-corrected chi connectivity index (χ1v) is 6.09. The second-order valence-corrected chi connectivity index (χ2v) is 4.53. The number of aromatic nitrogens is 2. The summed E-state index contributed by atoms with van der Waals surface area (Å²) in [4.78, 5) is 0. The summed E-state index contributed by atoms with van der Waals surface area (Å²) in [6, 6.07) is 5.68. The van der Waals surface area contributed by atoms with Gasteiger partial charge in [-0.05, 0) is 31.0 Å². The van der Waals surface area contributed by atoms with Crippen molar-refractivity contribution in [3.63, 3.8) is 0 Å². The zero-order valence-corrected chi connectivity index (χ0v) is 10.8. The highest BCUT2D eigenvalue weighted by Crippen LogP contribution is 2.28. The van der Waals surface area contributed by atoms with Crippen LogP contribution in [0.15, 0.2) is 24.4 Å². The number of nitrogens with zero attached hydrogens (tertiary/aromatic N) is 2. The highest BCUT2D eigenvalue weighted by molar-refractivity contribution is 6.33. The average molecular weight is 250 g/mol. The van der Waals surface area contributed by atoms with Gasteiger partial charge in [0, 0.05) is 18.3 Å². The molecule has 0 aliphatic heterocycles. The first-order valence-electron chi connectivity index (χ1n) is 5.71. The summed E-state index contributed by atoms with van der Waals surface area (Å²) in [6.45, 7) is 5.08. The van der Waals surface area contributed by atoms with Gasteiger partial charge in [-0.2, -0.15) is 5.10 Å². The van der Waals surface area contributed by atoms with Crippen LogP contribution in [0.3, 0.4) is 0 Å². The number of nitrogens with two attached hydrogens (primary N) is 1. The van der Waals surface area contributed by atoms with E-state index in [4.69, 9.17) is 17.3 Å². The smallest absolute Gasteiger partial charge is 0.0672 e. The van der Waals surface area contributed by atoms with E-state index >= 15 is 0 Å². The second-order valence-electron chi connectivity index (χ2n) is 4.13. The molecule has 0 atom stereocenters. The molecule has 1 heterocycles. The Morgan fingerprint density at radius 1 is 1.41 bits per heavy atom. The van der Waals surface area contributed by atoms with Crippen LogP contribution in [0, 0.1) is 6.92 Å². The van der Waals surface area contributed by atoms with Crippen LogP contribution in [0.25, 0.3) is 11.1 Å². The third kappa shape index (κ3) is 2.44. The largest absolute Gasteiger partial charge is 0.398 e. The Hall–Kier alpha value is -1.48. The fraction of sp³-hybridized carbons (Fsp3) is 0.308. The highest BCUT2D eigenvalue weighted by Gasteiger charge is 2.08. The molecule has 0 bridgehead atoms. The molecule has 0 unspecified atom stereocenters. The third-order valence-electron chi connectivity index (χ3n) is 2.71. The Morgan fingerprint density at radius 3 is 2.82 bits per heavy atom. The second kappa shape index (κ2) is 4.80. The molecule has 17 heavy (non-hydrogen) atoms. The molecule has 90 valence electrons. The Bertz CT molecular complexity index is 531. The van der Waals surface area contributed by atoms with Crippen molar-refractivity contribution in [3.8, 4) is 11.1 Å². The van der Waals surface area contributed by atoms with Crippen LogP contribution in [-0.4, -0.2) is 9.78 Å². The van der Waals surface area contributed by atoms with Crippen molar-refractivity contribution in [1.29, 1.82) is 0 Å². The topological polar surface area (TPSA) is 43.8 Å². The molecule has 2 rings (SSSR count). The van der Waals surface area contributed by atoms with E-state index in [0.29, 0.717) is 10.7 Å². The fourth-order valence-electron chi connectivity index (χ4n) is 1.86. The zero-order valence-electron chi connectivity index (χ0n) is 10.1. The van der Waals surface area contributed by atoms with Crippen LogP contribution >= 0.6 is 11.6 Å². The van der Waals surface area contributed by atoms with Gasteiger partial charge in [0.2, 0.25) is 0 Å². The van der Waals surface area contributed by atoms with E-state index < -0.39 is 0 Å². The summed E-state index contributed by atoms with van der Waals surface area (Å²) in [5, 5.41) is 5.06. The number of nitrogen functional groups attached to an aromatic ring is 1. The summed E-state index contributed by atoms with van der Waals surface area (Å²) in [7, 11) is 0. The van der Waals surface area contributed by atoms with E-state index in [-0.39, 0.29) is 0 Å². The minimum atomic E-state index is 0.590. The van der Waals surface area contributed by atoms with E-state index in [1.54, 1.807) is 0 Å². The van der Waals surface area contributed by atoms with Crippen LogP contribution < -0.4 is 5.73 Å². The van der Waals surface area contributed by atoms with Crippen LogP contribution in [0.5, 0.6) is 0 Å². The van der Waals surface area contributed by atoms with Gasteiger partial charge in [0.25, 0.3) is 0 Å². The Balaban J connectivity index is 2.41. The van der Waals surface area contributed by atoms with Crippen LogP contribution in [-0.2, 0) is 6.54 Å². The molecule has 0 amide bonds. The number of halogens is 1. The number of rotatable bonds is 3. The molecular formula is C13H16ClN3. The summed E-state index contributed by atoms with van der Waals surface area (Å²) in [5.41, 5.74) is 9.61. The lowest BCUT2D eigenvalue weighted by atomic mass is 10.1. The zero-order chi connectivity index (χ0) is 12.4. The Labute approximate surface area is 106 Å². The summed E-state index contributed by atoms with van der Waals surface area (Å²) in [5.74, 6) is 0. The first-order chi connectivity index (χ1) is 8.11. The van der Waals surface area contributed by atoms with Gasteiger partial charge in [0.05, 0.1) is 16.4 Å². The van der Waals surface area contributed by atoms with Crippen LogP contribution in [0.4, 0.5) is 5.69 Å². The molecule has 3 nitrogen and oxygen atoms in total. The normalized spacial score (nSPS) is 10.8. The summed E-state index contributed by atoms with van der Waals surface area (Å²) in [6.07, 6.45) is 3.13. The minimum Gasteiger partial charge on any atom is -0.398 e. The van der Waals surface area contributed by atoms with E-state index in [2.05, 4.69) is 18.2 Å². The molecule has 0 saturated heterocycles. The van der Waals surface area contributed by atoms with Crippen molar-refractivity contribution in [2.45, 2.75) is 26.8 Å². The lowest BCUT2D eigenvalue weighted by molar-refractivity contribution is 0.598. The molecule has 2 N–H and O–H groups in total. The van der Waals surface area contributed by atoms with Gasteiger partial charge in [-0.15, -0.1) is 0 Å². The monoisotopic (exact) mass is 249 g/mol. The predicted octanol–water partition coefficient (Wildman–Crippen LogP) is 3.50.